The highest BCUT2D eigenvalue weighted by Crippen LogP contribution is 2.35. The molecule has 0 aliphatic rings. The maximum atomic E-state index is 12.3. The number of nitrogens with zero attached hydrogens (tertiary/aromatic N) is 3. The number of Topliss-reactive ketones (excluding diaryl/α,β-unsaturated/α-hetero) is 1. The Labute approximate surface area is 138 Å². The van der Waals surface area contributed by atoms with Crippen molar-refractivity contribution in [2.75, 3.05) is 0 Å². The largest absolute Gasteiger partial charge is 0.370 e. The lowest BCUT2D eigenvalue weighted by Crippen LogP contribution is -2.45. The normalized spacial score (nSPS) is 13.4. The summed E-state index contributed by atoms with van der Waals surface area (Å²) in [6, 6.07) is 3.81. The van der Waals surface area contributed by atoms with E-state index in [4.69, 9.17) is 17.2 Å². The number of nitrogens with two attached hydrogens (primary N) is 3. The number of guanidine groups is 1. The Hall–Kier alpha value is -2.32. The number of thiazole rings is 1. The molecule has 0 aliphatic carbocycles. The van der Waals surface area contributed by atoms with E-state index in [2.05, 4.69) is 15.0 Å². The van der Waals surface area contributed by atoms with E-state index >= 15 is 0 Å². The van der Waals surface area contributed by atoms with Gasteiger partial charge in [0, 0.05) is 18.3 Å². The summed E-state index contributed by atoms with van der Waals surface area (Å²) < 4.78 is 0. The van der Waals surface area contributed by atoms with E-state index in [9.17, 15) is 4.79 Å². The van der Waals surface area contributed by atoms with Crippen molar-refractivity contribution < 1.29 is 4.79 Å². The minimum Gasteiger partial charge on any atom is -0.370 e. The van der Waals surface area contributed by atoms with Crippen LogP contribution >= 0.6 is 11.3 Å². The molecule has 0 aromatic carbocycles. The van der Waals surface area contributed by atoms with Crippen LogP contribution in [-0.4, -0.2) is 21.7 Å². The highest BCUT2D eigenvalue weighted by molar-refractivity contribution is 7.15. The summed E-state index contributed by atoms with van der Waals surface area (Å²) in [5, 5.41) is 0.380. The molecule has 0 saturated heterocycles. The molecular weight excluding hydrogens is 312 g/mol. The van der Waals surface area contributed by atoms with Crippen molar-refractivity contribution in [2.24, 2.45) is 22.2 Å². The fourth-order valence-corrected chi connectivity index (χ4v) is 3.41. The Balaban J connectivity index is 2.47. The van der Waals surface area contributed by atoms with Gasteiger partial charge in [0.05, 0.1) is 10.6 Å². The summed E-state index contributed by atoms with van der Waals surface area (Å²) in [5.41, 5.74) is 18.5. The first-order valence-corrected chi connectivity index (χ1v) is 7.83. The minimum atomic E-state index is -1.21. The van der Waals surface area contributed by atoms with Crippen molar-refractivity contribution in [3.63, 3.8) is 0 Å². The summed E-state index contributed by atoms with van der Waals surface area (Å²) in [5.74, 6) is -0.250. The zero-order valence-electron chi connectivity index (χ0n) is 13.3. The molecule has 0 radical (unpaired) electrons. The Morgan fingerprint density at radius 3 is 2.65 bits per heavy atom. The second kappa shape index (κ2) is 6.43. The Morgan fingerprint density at radius 2 is 2.09 bits per heavy atom. The number of hydrogen-bond acceptors (Lipinski definition) is 6. The van der Waals surface area contributed by atoms with Gasteiger partial charge in [-0.1, -0.05) is 11.3 Å². The summed E-state index contributed by atoms with van der Waals surface area (Å²) >= 11 is 1.21. The van der Waals surface area contributed by atoms with Gasteiger partial charge in [0.25, 0.3) is 0 Å². The summed E-state index contributed by atoms with van der Waals surface area (Å²) in [7, 11) is 0. The number of hydrogen-bond donors (Lipinski definition) is 3. The second-order valence-electron chi connectivity index (χ2n) is 5.48. The molecule has 8 heteroatoms. The van der Waals surface area contributed by atoms with E-state index in [0.717, 1.165) is 11.3 Å². The average molecular weight is 332 g/mol. The minimum absolute atomic E-state index is 0.0869. The molecule has 0 amide bonds. The Kier molecular flexibility index (Phi) is 4.76. The van der Waals surface area contributed by atoms with Gasteiger partial charge in [-0.05, 0) is 38.5 Å². The number of aryl methyl sites for hydroxylation is 2. The van der Waals surface area contributed by atoms with Gasteiger partial charge in [-0.2, -0.15) is 4.99 Å². The van der Waals surface area contributed by atoms with E-state index in [1.54, 1.807) is 13.1 Å². The van der Waals surface area contributed by atoms with Gasteiger partial charge < -0.3 is 17.2 Å². The Bertz CT molecular complexity index is 765. The zero-order chi connectivity index (χ0) is 17.2. The molecular formula is C15H20N6OS. The standard InChI is InChI=1S/C15H20N6OS/c1-8-4-5-19-11(6-8)7-15(18,10(3)22)12-9(2)20-14(23-12)21-13(16)17/h4-6H,7,18H2,1-3H3,(H4,16,17,20,21). The molecule has 2 aromatic rings. The maximum absolute atomic E-state index is 12.3. The molecule has 23 heavy (non-hydrogen) atoms. The number of carbonyl (C=O) groups is 1. The monoisotopic (exact) mass is 332 g/mol. The van der Waals surface area contributed by atoms with E-state index in [1.807, 2.05) is 19.1 Å². The van der Waals surface area contributed by atoms with Gasteiger partial charge in [0.1, 0.15) is 5.54 Å². The smallest absolute Gasteiger partial charge is 0.212 e. The summed E-state index contributed by atoms with van der Waals surface area (Å²) in [4.78, 5) is 25.4. The molecule has 0 aliphatic heterocycles. The number of pyridine rings is 1. The van der Waals surface area contributed by atoms with Crippen molar-refractivity contribution >= 4 is 28.2 Å². The van der Waals surface area contributed by atoms with Crippen LogP contribution in [0.25, 0.3) is 0 Å². The van der Waals surface area contributed by atoms with Crippen LogP contribution in [0, 0.1) is 13.8 Å². The van der Waals surface area contributed by atoms with E-state index in [1.165, 1.54) is 18.3 Å². The molecule has 0 fully saturated rings. The third-order valence-electron chi connectivity index (χ3n) is 3.48. The third kappa shape index (κ3) is 3.72. The number of ketones is 1. The molecule has 0 bridgehead atoms. The predicted molar refractivity (Wildman–Crippen MR) is 91.5 cm³/mol. The molecule has 7 nitrogen and oxygen atoms in total. The van der Waals surface area contributed by atoms with Crippen LogP contribution in [0.5, 0.6) is 0 Å². The van der Waals surface area contributed by atoms with Crippen molar-refractivity contribution in [2.45, 2.75) is 32.7 Å². The first-order chi connectivity index (χ1) is 10.7. The third-order valence-corrected chi connectivity index (χ3v) is 4.70. The van der Waals surface area contributed by atoms with Crippen molar-refractivity contribution in [1.29, 1.82) is 0 Å². The zero-order valence-corrected chi connectivity index (χ0v) is 14.1. The van der Waals surface area contributed by atoms with Gasteiger partial charge in [0.15, 0.2) is 11.7 Å². The maximum Gasteiger partial charge on any atom is 0.212 e. The molecule has 6 N–H and O–H groups in total. The topological polar surface area (TPSA) is 133 Å². The molecule has 2 aromatic heterocycles. The van der Waals surface area contributed by atoms with Crippen LogP contribution in [0.4, 0.5) is 5.13 Å². The lowest BCUT2D eigenvalue weighted by atomic mass is 9.87. The SMILES string of the molecule is CC(=O)C(N)(Cc1cc(C)ccn1)c1sc(N=C(N)N)nc1C. The summed E-state index contributed by atoms with van der Waals surface area (Å²) in [6.45, 7) is 5.22. The first-order valence-electron chi connectivity index (χ1n) is 7.01. The number of rotatable bonds is 5. The molecule has 2 rings (SSSR count). The summed E-state index contributed by atoms with van der Waals surface area (Å²) in [6.07, 6.45) is 1.99. The second-order valence-corrected chi connectivity index (χ2v) is 6.45. The van der Waals surface area contributed by atoms with E-state index in [-0.39, 0.29) is 18.2 Å². The van der Waals surface area contributed by atoms with E-state index in [0.29, 0.717) is 15.7 Å². The van der Waals surface area contributed by atoms with Gasteiger partial charge in [-0.25, -0.2) is 4.98 Å². The predicted octanol–water partition coefficient (Wildman–Crippen LogP) is 1.05. The average Bonchev–Trinajstić information content (AvgIpc) is 2.78. The van der Waals surface area contributed by atoms with Crippen molar-refractivity contribution in [3.8, 4) is 0 Å². The quantitative estimate of drug-likeness (QED) is 0.553. The number of aromatic nitrogens is 2. The van der Waals surface area contributed by atoms with Crippen LogP contribution in [0.2, 0.25) is 0 Å². The van der Waals surface area contributed by atoms with Gasteiger partial charge in [-0.15, -0.1) is 0 Å². The van der Waals surface area contributed by atoms with Crippen LogP contribution in [0.1, 0.15) is 28.8 Å². The van der Waals surface area contributed by atoms with Gasteiger partial charge in [0.2, 0.25) is 5.13 Å². The highest BCUT2D eigenvalue weighted by Gasteiger charge is 2.37. The van der Waals surface area contributed by atoms with Crippen LogP contribution < -0.4 is 17.2 Å². The first kappa shape index (κ1) is 17.0. The molecule has 1 atom stereocenters. The van der Waals surface area contributed by atoms with Crippen LogP contribution in [0.3, 0.4) is 0 Å². The van der Waals surface area contributed by atoms with Gasteiger partial charge in [-0.3, -0.25) is 9.78 Å². The lowest BCUT2D eigenvalue weighted by Gasteiger charge is -2.25. The number of carbonyl (C=O) groups excluding carboxylic acids is 1. The molecule has 0 saturated carbocycles. The molecule has 1 unspecified atom stereocenters. The Morgan fingerprint density at radius 1 is 1.39 bits per heavy atom. The van der Waals surface area contributed by atoms with Crippen LogP contribution in [0.15, 0.2) is 23.3 Å². The molecule has 2 heterocycles. The highest BCUT2D eigenvalue weighted by atomic mass is 32.1. The molecule has 0 spiro atoms. The molecule has 122 valence electrons. The lowest BCUT2D eigenvalue weighted by molar-refractivity contribution is -0.122. The van der Waals surface area contributed by atoms with Crippen molar-refractivity contribution in [1.82, 2.24) is 9.97 Å². The van der Waals surface area contributed by atoms with E-state index < -0.39 is 5.54 Å². The fraction of sp³-hybridized carbons (Fsp3) is 0.333. The fourth-order valence-electron chi connectivity index (χ4n) is 2.30. The van der Waals surface area contributed by atoms with Gasteiger partial charge >= 0.3 is 0 Å². The number of aliphatic imine (C=N–C) groups is 1. The van der Waals surface area contributed by atoms with Crippen LogP contribution in [-0.2, 0) is 16.8 Å². The van der Waals surface area contributed by atoms with Crippen molar-refractivity contribution in [3.05, 3.63) is 40.2 Å².